The monoisotopic (exact) mass is 236 g/mol. The highest BCUT2D eigenvalue weighted by Gasteiger charge is 2.39. The van der Waals surface area contributed by atoms with E-state index in [4.69, 9.17) is 0 Å². The van der Waals surface area contributed by atoms with Crippen LogP contribution < -0.4 is 0 Å². The van der Waals surface area contributed by atoms with Crippen molar-refractivity contribution >= 4 is 5.78 Å². The summed E-state index contributed by atoms with van der Waals surface area (Å²) in [5.41, 5.74) is 1.84. The molecule has 1 nitrogen and oxygen atoms in total. The van der Waals surface area contributed by atoms with E-state index in [1.54, 1.807) is 6.92 Å². The molecule has 1 aliphatic carbocycles. The Morgan fingerprint density at radius 1 is 1.47 bits per heavy atom. The SMILES string of the molecule is CC(=O)CC(C(C)C)C1C(C)=CCCC1(C)C. The first-order chi connectivity index (χ1) is 7.75. The van der Waals surface area contributed by atoms with Crippen molar-refractivity contribution < 1.29 is 4.79 Å². The molecule has 98 valence electrons. The lowest BCUT2D eigenvalue weighted by Crippen LogP contribution is -2.37. The van der Waals surface area contributed by atoms with Crippen LogP contribution in [0.2, 0.25) is 0 Å². The van der Waals surface area contributed by atoms with Gasteiger partial charge in [-0.1, -0.05) is 39.3 Å². The van der Waals surface area contributed by atoms with E-state index >= 15 is 0 Å². The molecule has 0 spiro atoms. The fourth-order valence-corrected chi connectivity index (χ4v) is 3.56. The van der Waals surface area contributed by atoms with E-state index in [0.29, 0.717) is 29.0 Å². The summed E-state index contributed by atoms with van der Waals surface area (Å²) in [4.78, 5) is 11.5. The van der Waals surface area contributed by atoms with Crippen LogP contribution in [0.3, 0.4) is 0 Å². The molecule has 0 aromatic heterocycles. The smallest absolute Gasteiger partial charge is 0.130 e. The van der Waals surface area contributed by atoms with Gasteiger partial charge in [0.2, 0.25) is 0 Å². The van der Waals surface area contributed by atoms with Crippen molar-refractivity contribution in [3.63, 3.8) is 0 Å². The van der Waals surface area contributed by atoms with Gasteiger partial charge in [0.15, 0.2) is 0 Å². The first kappa shape index (κ1) is 14.5. The lowest BCUT2D eigenvalue weighted by Gasteiger charge is -2.44. The van der Waals surface area contributed by atoms with Crippen LogP contribution in [0, 0.1) is 23.2 Å². The predicted octanol–water partition coefficient (Wildman–Crippen LogP) is 4.62. The van der Waals surface area contributed by atoms with E-state index in [0.717, 1.165) is 6.42 Å². The molecule has 2 atom stereocenters. The summed E-state index contributed by atoms with van der Waals surface area (Å²) in [5, 5.41) is 0. The van der Waals surface area contributed by atoms with Gasteiger partial charge < -0.3 is 4.79 Å². The summed E-state index contributed by atoms with van der Waals surface area (Å²) >= 11 is 0. The maximum absolute atomic E-state index is 11.5. The number of rotatable bonds is 4. The third-order valence-corrected chi connectivity index (χ3v) is 4.40. The number of allylic oxidation sites excluding steroid dienone is 2. The minimum absolute atomic E-state index is 0.331. The zero-order valence-electron chi connectivity index (χ0n) is 12.3. The first-order valence-corrected chi connectivity index (χ1v) is 6.92. The minimum atomic E-state index is 0.331. The van der Waals surface area contributed by atoms with Crippen LogP contribution in [0.4, 0.5) is 0 Å². The number of hydrogen-bond acceptors (Lipinski definition) is 1. The van der Waals surface area contributed by atoms with Gasteiger partial charge in [-0.3, -0.25) is 0 Å². The molecule has 1 aliphatic rings. The summed E-state index contributed by atoms with van der Waals surface area (Å²) in [6.07, 6.45) is 5.55. The normalized spacial score (nSPS) is 25.6. The fourth-order valence-electron chi connectivity index (χ4n) is 3.56. The highest BCUT2D eigenvalue weighted by molar-refractivity contribution is 5.75. The van der Waals surface area contributed by atoms with E-state index in [9.17, 15) is 4.79 Å². The summed E-state index contributed by atoms with van der Waals surface area (Å²) in [5.74, 6) is 1.97. The zero-order chi connectivity index (χ0) is 13.2. The maximum Gasteiger partial charge on any atom is 0.130 e. The van der Waals surface area contributed by atoms with Crippen LogP contribution in [0.15, 0.2) is 11.6 Å². The standard InChI is InChI=1S/C16H28O/c1-11(2)14(10-13(4)17)15-12(3)8-7-9-16(15,5)6/h8,11,14-15H,7,9-10H2,1-6H3. The van der Waals surface area contributed by atoms with Crippen molar-refractivity contribution in [2.45, 2.75) is 60.8 Å². The Kier molecular flexibility index (Phi) is 4.57. The molecule has 17 heavy (non-hydrogen) atoms. The molecule has 1 heteroatoms. The van der Waals surface area contributed by atoms with Gasteiger partial charge in [0.1, 0.15) is 5.78 Å². The molecule has 0 aromatic rings. The Balaban J connectivity index is 3.01. The lowest BCUT2D eigenvalue weighted by atomic mass is 9.60. The molecule has 0 N–H and O–H groups in total. The van der Waals surface area contributed by atoms with Gasteiger partial charge in [-0.15, -0.1) is 0 Å². The summed E-state index contributed by atoms with van der Waals surface area (Å²) < 4.78 is 0. The van der Waals surface area contributed by atoms with Gasteiger partial charge in [0.05, 0.1) is 0 Å². The zero-order valence-corrected chi connectivity index (χ0v) is 12.3. The largest absolute Gasteiger partial charge is 0.300 e. The van der Waals surface area contributed by atoms with Crippen LogP contribution in [0.5, 0.6) is 0 Å². The van der Waals surface area contributed by atoms with Gasteiger partial charge in [0, 0.05) is 6.42 Å². The van der Waals surface area contributed by atoms with Crippen LogP contribution in [-0.4, -0.2) is 5.78 Å². The van der Waals surface area contributed by atoms with Crippen molar-refractivity contribution in [3.05, 3.63) is 11.6 Å². The molecule has 0 aliphatic heterocycles. The van der Waals surface area contributed by atoms with Gasteiger partial charge >= 0.3 is 0 Å². The van der Waals surface area contributed by atoms with Crippen LogP contribution in [0.25, 0.3) is 0 Å². The van der Waals surface area contributed by atoms with E-state index < -0.39 is 0 Å². The van der Waals surface area contributed by atoms with Crippen molar-refractivity contribution in [3.8, 4) is 0 Å². The number of carbonyl (C=O) groups excluding carboxylic acids is 1. The Morgan fingerprint density at radius 3 is 2.47 bits per heavy atom. The van der Waals surface area contributed by atoms with Gasteiger partial charge in [-0.25, -0.2) is 0 Å². The number of ketones is 1. The highest BCUT2D eigenvalue weighted by atomic mass is 16.1. The van der Waals surface area contributed by atoms with Crippen LogP contribution in [-0.2, 0) is 4.79 Å². The quantitative estimate of drug-likeness (QED) is 0.651. The molecule has 0 heterocycles. The third-order valence-electron chi connectivity index (χ3n) is 4.40. The molecule has 0 saturated carbocycles. The van der Waals surface area contributed by atoms with E-state index in [1.165, 1.54) is 18.4 Å². The van der Waals surface area contributed by atoms with Crippen molar-refractivity contribution in [1.82, 2.24) is 0 Å². The molecule has 0 saturated heterocycles. The Morgan fingerprint density at radius 2 is 2.06 bits per heavy atom. The van der Waals surface area contributed by atoms with Crippen molar-refractivity contribution in [2.24, 2.45) is 23.2 Å². The average molecular weight is 236 g/mol. The number of hydrogen-bond donors (Lipinski definition) is 0. The van der Waals surface area contributed by atoms with Crippen molar-refractivity contribution in [2.75, 3.05) is 0 Å². The van der Waals surface area contributed by atoms with Crippen LogP contribution in [0.1, 0.15) is 60.8 Å². The maximum atomic E-state index is 11.5. The second-order valence-corrected chi connectivity index (χ2v) is 6.77. The molecule has 0 bridgehead atoms. The molecule has 0 radical (unpaired) electrons. The minimum Gasteiger partial charge on any atom is -0.300 e. The second-order valence-electron chi connectivity index (χ2n) is 6.77. The van der Waals surface area contributed by atoms with Gasteiger partial charge in [-0.2, -0.15) is 0 Å². The van der Waals surface area contributed by atoms with Gasteiger partial charge in [-0.05, 0) is 49.9 Å². The molecule has 0 amide bonds. The molecular formula is C16H28O. The summed E-state index contributed by atoms with van der Waals surface area (Å²) in [6.45, 7) is 13.2. The lowest BCUT2D eigenvalue weighted by molar-refractivity contribution is -0.119. The number of carbonyl (C=O) groups is 1. The molecule has 0 fully saturated rings. The molecule has 2 unspecified atom stereocenters. The predicted molar refractivity (Wildman–Crippen MR) is 73.9 cm³/mol. The van der Waals surface area contributed by atoms with E-state index in [-0.39, 0.29) is 0 Å². The molecule has 1 rings (SSSR count). The highest BCUT2D eigenvalue weighted by Crippen LogP contribution is 2.47. The van der Waals surface area contributed by atoms with Crippen molar-refractivity contribution in [1.29, 1.82) is 0 Å². The van der Waals surface area contributed by atoms with E-state index in [2.05, 4.69) is 40.7 Å². The summed E-state index contributed by atoms with van der Waals surface area (Å²) in [6, 6.07) is 0. The fraction of sp³-hybridized carbons (Fsp3) is 0.812. The average Bonchev–Trinajstić information content (AvgIpc) is 2.13. The second kappa shape index (κ2) is 5.37. The molecule has 0 aromatic carbocycles. The van der Waals surface area contributed by atoms with Crippen LogP contribution >= 0.6 is 0 Å². The third kappa shape index (κ3) is 3.43. The number of Topliss-reactive ketones (excluding diaryl/α,β-unsaturated/α-hetero) is 1. The Bertz CT molecular complexity index is 309. The van der Waals surface area contributed by atoms with Gasteiger partial charge in [0.25, 0.3) is 0 Å². The topological polar surface area (TPSA) is 17.1 Å². The summed E-state index contributed by atoms with van der Waals surface area (Å²) in [7, 11) is 0. The first-order valence-electron chi connectivity index (χ1n) is 6.92. The van der Waals surface area contributed by atoms with E-state index in [1.807, 2.05) is 0 Å². The Hall–Kier alpha value is -0.590. The Labute approximate surface area is 107 Å². The molecular weight excluding hydrogens is 208 g/mol.